The van der Waals surface area contributed by atoms with Crippen molar-refractivity contribution in [3.05, 3.63) is 70.8 Å². The number of nitrogens with zero attached hydrogens (tertiary/aromatic N) is 1. The summed E-state index contributed by atoms with van der Waals surface area (Å²) in [6.07, 6.45) is 0. The molecule has 2 rings (SSSR count). The minimum atomic E-state index is -0.195. The molecule has 2 aromatic rings. The summed E-state index contributed by atoms with van der Waals surface area (Å²) in [4.78, 5) is 12.1. The van der Waals surface area contributed by atoms with Crippen LogP contribution in [0, 0.1) is 11.3 Å². The van der Waals surface area contributed by atoms with Crippen LogP contribution in [0.2, 0.25) is 0 Å². The molecule has 1 N–H and O–H groups in total. The maximum Gasteiger partial charge on any atom is 0.251 e. The summed E-state index contributed by atoms with van der Waals surface area (Å²) >= 11 is 0. The van der Waals surface area contributed by atoms with Crippen LogP contribution in [0.5, 0.6) is 0 Å². The van der Waals surface area contributed by atoms with Crippen molar-refractivity contribution in [1.29, 1.82) is 5.26 Å². The van der Waals surface area contributed by atoms with Crippen molar-refractivity contribution < 1.29 is 9.53 Å². The summed E-state index contributed by atoms with van der Waals surface area (Å²) in [5, 5.41) is 11.7. The molecule has 1 amide bonds. The molecule has 0 saturated carbocycles. The van der Waals surface area contributed by atoms with Crippen molar-refractivity contribution in [2.24, 2.45) is 0 Å². The van der Waals surface area contributed by atoms with Crippen LogP contribution in [0.3, 0.4) is 0 Å². The molecule has 4 nitrogen and oxygen atoms in total. The van der Waals surface area contributed by atoms with Gasteiger partial charge in [0.05, 0.1) is 18.2 Å². The fraction of sp³-hybridized carbons (Fsp3) is 0.176. The highest BCUT2D eigenvalue weighted by atomic mass is 16.5. The maximum atomic E-state index is 12.1. The monoisotopic (exact) mass is 280 g/mol. The Balaban J connectivity index is 2.06. The van der Waals surface area contributed by atoms with Crippen LogP contribution in [0.15, 0.2) is 48.5 Å². The molecule has 0 radical (unpaired) electrons. The molecule has 4 heteroatoms. The first kappa shape index (κ1) is 14.8. The number of benzene rings is 2. The molecule has 2 aromatic carbocycles. The van der Waals surface area contributed by atoms with Gasteiger partial charge in [0.2, 0.25) is 0 Å². The molecule has 0 unspecified atom stereocenters. The van der Waals surface area contributed by atoms with Crippen LogP contribution in [0.25, 0.3) is 0 Å². The predicted molar refractivity (Wildman–Crippen MR) is 79.5 cm³/mol. The van der Waals surface area contributed by atoms with Gasteiger partial charge in [-0.05, 0) is 29.3 Å². The first-order valence-electron chi connectivity index (χ1n) is 6.58. The van der Waals surface area contributed by atoms with Crippen LogP contribution in [0.1, 0.15) is 27.0 Å². The molecular weight excluding hydrogens is 264 g/mol. The summed E-state index contributed by atoms with van der Waals surface area (Å²) in [6.45, 7) is 0.936. The SMILES string of the molecule is COCc1ccccc1CNC(=O)c1cccc(C#N)c1. The maximum absolute atomic E-state index is 12.1. The largest absolute Gasteiger partial charge is 0.380 e. The van der Waals surface area contributed by atoms with E-state index in [-0.39, 0.29) is 5.91 Å². The van der Waals surface area contributed by atoms with Crippen LogP contribution in [-0.4, -0.2) is 13.0 Å². The van der Waals surface area contributed by atoms with Crippen molar-refractivity contribution in [3.8, 4) is 6.07 Å². The lowest BCUT2D eigenvalue weighted by Gasteiger charge is -2.10. The third-order valence-electron chi connectivity index (χ3n) is 3.11. The Labute approximate surface area is 124 Å². The number of rotatable bonds is 5. The zero-order valence-electron chi connectivity index (χ0n) is 11.8. The van der Waals surface area contributed by atoms with Crippen molar-refractivity contribution in [2.75, 3.05) is 7.11 Å². The molecular formula is C17H16N2O2. The second-order valence-corrected chi connectivity index (χ2v) is 4.58. The molecule has 0 aliphatic carbocycles. The topological polar surface area (TPSA) is 62.1 Å². The first-order chi connectivity index (χ1) is 10.2. The van der Waals surface area contributed by atoms with Gasteiger partial charge < -0.3 is 10.1 Å². The standard InChI is InChI=1S/C17H16N2O2/c1-21-12-16-7-3-2-6-15(16)11-19-17(20)14-8-4-5-13(9-14)10-18/h2-9H,11-12H2,1H3,(H,19,20). The molecule has 0 atom stereocenters. The lowest BCUT2D eigenvalue weighted by atomic mass is 10.1. The summed E-state index contributed by atoms with van der Waals surface area (Å²) in [6, 6.07) is 16.5. The van der Waals surface area contributed by atoms with Crippen LogP contribution >= 0.6 is 0 Å². The highest BCUT2D eigenvalue weighted by Gasteiger charge is 2.07. The Hall–Kier alpha value is -2.64. The number of hydrogen-bond donors (Lipinski definition) is 1. The highest BCUT2D eigenvalue weighted by Crippen LogP contribution is 2.10. The number of nitrogens with one attached hydrogen (secondary N) is 1. The number of carbonyl (C=O) groups is 1. The van der Waals surface area contributed by atoms with Crippen LogP contribution in [-0.2, 0) is 17.9 Å². The van der Waals surface area contributed by atoms with Gasteiger partial charge in [-0.1, -0.05) is 30.3 Å². The van der Waals surface area contributed by atoms with Gasteiger partial charge in [0, 0.05) is 19.2 Å². The van der Waals surface area contributed by atoms with E-state index in [0.29, 0.717) is 24.3 Å². The number of carbonyl (C=O) groups excluding carboxylic acids is 1. The molecule has 21 heavy (non-hydrogen) atoms. The number of hydrogen-bond acceptors (Lipinski definition) is 3. The second-order valence-electron chi connectivity index (χ2n) is 4.58. The van der Waals surface area contributed by atoms with E-state index >= 15 is 0 Å². The Bertz CT molecular complexity index is 674. The number of nitriles is 1. The van der Waals surface area contributed by atoms with Crippen LogP contribution in [0.4, 0.5) is 0 Å². The molecule has 0 heterocycles. The quantitative estimate of drug-likeness (QED) is 0.915. The predicted octanol–water partition coefficient (Wildman–Crippen LogP) is 2.63. The fourth-order valence-corrected chi connectivity index (χ4v) is 2.03. The van der Waals surface area contributed by atoms with Gasteiger partial charge in [0.1, 0.15) is 0 Å². The van der Waals surface area contributed by atoms with Gasteiger partial charge >= 0.3 is 0 Å². The minimum absolute atomic E-state index is 0.195. The van der Waals surface area contributed by atoms with Gasteiger partial charge in [0.25, 0.3) is 5.91 Å². The summed E-state index contributed by atoms with van der Waals surface area (Å²) < 4.78 is 5.14. The summed E-state index contributed by atoms with van der Waals surface area (Å²) in [7, 11) is 1.64. The molecule has 0 spiro atoms. The van der Waals surface area contributed by atoms with Crippen molar-refractivity contribution in [2.45, 2.75) is 13.2 Å². The lowest BCUT2D eigenvalue weighted by Crippen LogP contribution is -2.23. The molecule has 0 fully saturated rings. The van der Waals surface area contributed by atoms with E-state index in [4.69, 9.17) is 10.00 Å². The molecule has 0 aliphatic rings. The van der Waals surface area contributed by atoms with E-state index in [0.717, 1.165) is 11.1 Å². The number of amides is 1. The Kier molecular flexibility index (Phi) is 5.08. The zero-order chi connectivity index (χ0) is 15.1. The van der Waals surface area contributed by atoms with Gasteiger partial charge in [-0.3, -0.25) is 4.79 Å². The third kappa shape index (κ3) is 3.91. The zero-order valence-corrected chi connectivity index (χ0v) is 11.8. The summed E-state index contributed by atoms with van der Waals surface area (Å²) in [5.41, 5.74) is 3.02. The van der Waals surface area contributed by atoms with E-state index in [1.165, 1.54) is 0 Å². The van der Waals surface area contributed by atoms with Crippen molar-refractivity contribution >= 4 is 5.91 Å². The average Bonchev–Trinajstić information content (AvgIpc) is 2.54. The van der Waals surface area contributed by atoms with Crippen LogP contribution < -0.4 is 5.32 Å². The smallest absolute Gasteiger partial charge is 0.251 e. The number of methoxy groups -OCH3 is 1. The van der Waals surface area contributed by atoms with E-state index in [9.17, 15) is 4.79 Å². The second kappa shape index (κ2) is 7.22. The Morgan fingerprint density at radius 1 is 1.19 bits per heavy atom. The molecule has 0 saturated heterocycles. The van der Waals surface area contributed by atoms with Gasteiger partial charge in [-0.25, -0.2) is 0 Å². The molecule has 0 bridgehead atoms. The Morgan fingerprint density at radius 3 is 2.67 bits per heavy atom. The highest BCUT2D eigenvalue weighted by molar-refractivity contribution is 5.94. The minimum Gasteiger partial charge on any atom is -0.380 e. The average molecular weight is 280 g/mol. The lowest BCUT2D eigenvalue weighted by molar-refractivity contribution is 0.0950. The fourth-order valence-electron chi connectivity index (χ4n) is 2.03. The molecule has 0 aromatic heterocycles. The van der Waals surface area contributed by atoms with Crippen molar-refractivity contribution in [3.63, 3.8) is 0 Å². The first-order valence-corrected chi connectivity index (χ1v) is 6.58. The van der Waals surface area contributed by atoms with Gasteiger partial charge in [0.15, 0.2) is 0 Å². The van der Waals surface area contributed by atoms with E-state index in [1.807, 2.05) is 30.3 Å². The normalized spacial score (nSPS) is 9.90. The Morgan fingerprint density at radius 2 is 1.95 bits per heavy atom. The van der Waals surface area contributed by atoms with E-state index in [1.54, 1.807) is 31.4 Å². The molecule has 0 aliphatic heterocycles. The van der Waals surface area contributed by atoms with Crippen molar-refractivity contribution in [1.82, 2.24) is 5.32 Å². The van der Waals surface area contributed by atoms with Gasteiger partial charge in [-0.15, -0.1) is 0 Å². The van der Waals surface area contributed by atoms with E-state index in [2.05, 4.69) is 5.32 Å². The third-order valence-corrected chi connectivity index (χ3v) is 3.11. The van der Waals surface area contributed by atoms with E-state index < -0.39 is 0 Å². The number of ether oxygens (including phenoxy) is 1. The summed E-state index contributed by atoms with van der Waals surface area (Å²) in [5.74, 6) is -0.195. The van der Waals surface area contributed by atoms with Gasteiger partial charge in [-0.2, -0.15) is 5.26 Å². The molecule has 106 valence electrons.